The minimum absolute atomic E-state index is 0.508. The van der Waals surface area contributed by atoms with E-state index in [1.807, 2.05) is 24.8 Å². The maximum atomic E-state index is 5.32. The first kappa shape index (κ1) is 11.7. The molecule has 0 radical (unpaired) electrons. The number of nitrogens with two attached hydrogens (primary N) is 1. The highest BCUT2D eigenvalue weighted by Crippen LogP contribution is 2.30. The van der Waals surface area contributed by atoms with Crippen LogP contribution in [0.1, 0.15) is 31.4 Å². The van der Waals surface area contributed by atoms with Gasteiger partial charge in [0.25, 0.3) is 0 Å². The fraction of sp³-hybridized carbons (Fsp3) is 0.636. The van der Waals surface area contributed by atoms with E-state index < -0.39 is 0 Å². The molecule has 1 aliphatic rings. The van der Waals surface area contributed by atoms with Crippen LogP contribution in [-0.4, -0.2) is 15.7 Å². The minimum atomic E-state index is 0.508. The van der Waals surface area contributed by atoms with E-state index in [9.17, 15) is 0 Å². The molecule has 1 saturated carbocycles. The smallest absolute Gasteiger partial charge is 0.238 e. The molecular weight excluding hydrogens is 220 g/mol. The Balaban J connectivity index is 1.94. The Morgan fingerprint density at radius 2 is 2.19 bits per heavy atom. The molecular formula is C11H18N4S. The Hall–Kier alpha value is -0.810. The first-order valence-corrected chi connectivity index (χ1v) is 6.71. The summed E-state index contributed by atoms with van der Waals surface area (Å²) in [5.74, 6) is 7.87. The first-order valence-electron chi connectivity index (χ1n) is 5.73. The van der Waals surface area contributed by atoms with E-state index in [-0.39, 0.29) is 0 Å². The second kappa shape index (κ2) is 5.50. The highest BCUT2D eigenvalue weighted by atomic mass is 32.2. The molecule has 0 bridgehead atoms. The summed E-state index contributed by atoms with van der Waals surface area (Å²) in [7, 11) is 0. The van der Waals surface area contributed by atoms with Crippen LogP contribution in [0, 0.1) is 12.8 Å². The lowest BCUT2D eigenvalue weighted by atomic mass is 10.1. The maximum Gasteiger partial charge on any atom is 0.238 e. The average Bonchev–Trinajstić information content (AvgIpc) is 2.78. The summed E-state index contributed by atoms with van der Waals surface area (Å²) in [6, 6.07) is 2.01. The molecule has 1 fully saturated rings. The number of nitrogen functional groups attached to an aromatic ring is 1. The van der Waals surface area contributed by atoms with Gasteiger partial charge in [-0.2, -0.15) is 0 Å². The normalized spacial score (nSPS) is 16.6. The second-order valence-electron chi connectivity index (χ2n) is 4.28. The molecule has 16 heavy (non-hydrogen) atoms. The summed E-state index contributed by atoms with van der Waals surface area (Å²) < 4.78 is 0. The van der Waals surface area contributed by atoms with E-state index in [4.69, 9.17) is 5.84 Å². The summed E-state index contributed by atoms with van der Waals surface area (Å²) in [6.07, 6.45) is 5.53. The summed E-state index contributed by atoms with van der Waals surface area (Å²) in [4.78, 5) is 8.50. The molecule has 4 nitrogen and oxygen atoms in total. The molecule has 2 rings (SSSR count). The molecule has 88 valence electrons. The lowest BCUT2D eigenvalue weighted by molar-refractivity contribution is 0.623. The van der Waals surface area contributed by atoms with Crippen LogP contribution in [-0.2, 0) is 0 Å². The molecule has 3 N–H and O–H groups in total. The second-order valence-corrected chi connectivity index (χ2v) is 5.32. The van der Waals surface area contributed by atoms with Crippen molar-refractivity contribution < 1.29 is 0 Å². The lowest BCUT2D eigenvalue weighted by Gasteiger charge is -2.08. The van der Waals surface area contributed by atoms with Crippen molar-refractivity contribution in [3.05, 3.63) is 11.8 Å². The van der Waals surface area contributed by atoms with Gasteiger partial charge in [-0.25, -0.2) is 15.8 Å². The monoisotopic (exact) mass is 238 g/mol. The van der Waals surface area contributed by atoms with E-state index in [1.165, 1.54) is 31.4 Å². The van der Waals surface area contributed by atoms with Crippen molar-refractivity contribution in [2.45, 2.75) is 37.6 Å². The highest BCUT2D eigenvalue weighted by molar-refractivity contribution is 7.99. The number of aryl methyl sites for hydroxylation is 1. The zero-order valence-corrected chi connectivity index (χ0v) is 10.4. The van der Waals surface area contributed by atoms with Crippen molar-refractivity contribution in [1.29, 1.82) is 0 Å². The quantitative estimate of drug-likeness (QED) is 0.365. The van der Waals surface area contributed by atoms with Crippen molar-refractivity contribution in [1.82, 2.24) is 9.97 Å². The van der Waals surface area contributed by atoms with Gasteiger partial charge in [-0.15, -0.1) is 11.8 Å². The predicted molar refractivity (Wildman–Crippen MR) is 67.3 cm³/mol. The number of hydrogen-bond donors (Lipinski definition) is 2. The SMILES string of the molecule is Cc1cc(SCC2CCCC2)nc(NN)n1. The average molecular weight is 238 g/mol. The molecule has 0 saturated heterocycles. The Kier molecular flexibility index (Phi) is 4.01. The lowest BCUT2D eigenvalue weighted by Crippen LogP contribution is -2.11. The van der Waals surface area contributed by atoms with Crippen molar-refractivity contribution in [3.8, 4) is 0 Å². The fourth-order valence-corrected chi connectivity index (χ4v) is 3.20. The topological polar surface area (TPSA) is 63.8 Å². The Morgan fingerprint density at radius 3 is 2.88 bits per heavy atom. The van der Waals surface area contributed by atoms with Crippen LogP contribution in [0.3, 0.4) is 0 Å². The van der Waals surface area contributed by atoms with Gasteiger partial charge in [0.1, 0.15) is 5.03 Å². The number of nitrogens with zero attached hydrogens (tertiary/aromatic N) is 2. The van der Waals surface area contributed by atoms with Gasteiger partial charge < -0.3 is 0 Å². The first-order chi connectivity index (χ1) is 7.78. The van der Waals surface area contributed by atoms with Crippen LogP contribution in [0.5, 0.6) is 0 Å². The van der Waals surface area contributed by atoms with E-state index in [2.05, 4.69) is 15.4 Å². The summed E-state index contributed by atoms with van der Waals surface area (Å²) in [5, 5.41) is 1.02. The summed E-state index contributed by atoms with van der Waals surface area (Å²) in [6.45, 7) is 1.96. The maximum absolute atomic E-state index is 5.32. The van der Waals surface area contributed by atoms with Gasteiger partial charge >= 0.3 is 0 Å². The third kappa shape index (κ3) is 3.09. The molecule has 0 atom stereocenters. The molecule has 1 aromatic rings. The van der Waals surface area contributed by atoms with Crippen LogP contribution in [0.2, 0.25) is 0 Å². The van der Waals surface area contributed by atoms with E-state index >= 15 is 0 Å². The van der Waals surface area contributed by atoms with Crippen LogP contribution in [0.4, 0.5) is 5.95 Å². The van der Waals surface area contributed by atoms with Gasteiger partial charge in [-0.05, 0) is 31.7 Å². The molecule has 0 aromatic carbocycles. The number of aromatic nitrogens is 2. The number of rotatable bonds is 4. The van der Waals surface area contributed by atoms with Crippen LogP contribution >= 0.6 is 11.8 Å². The van der Waals surface area contributed by atoms with E-state index in [1.54, 1.807) is 0 Å². The number of nitrogens with one attached hydrogen (secondary N) is 1. The minimum Gasteiger partial charge on any atom is -0.292 e. The third-order valence-electron chi connectivity index (χ3n) is 2.90. The zero-order valence-electron chi connectivity index (χ0n) is 9.57. The van der Waals surface area contributed by atoms with Crippen LogP contribution in [0.25, 0.3) is 0 Å². The highest BCUT2D eigenvalue weighted by Gasteiger charge is 2.15. The van der Waals surface area contributed by atoms with Crippen molar-refractivity contribution in [2.24, 2.45) is 11.8 Å². The Labute approximate surface area is 100 Å². The largest absolute Gasteiger partial charge is 0.292 e. The molecule has 0 unspecified atom stereocenters. The molecule has 0 spiro atoms. The van der Waals surface area contributed by atoms with E-state index in [0.29, 0.717) is 5.95 Å². The van der Waals surface area contributed by atoms with Crippen LogP contribution < -0.4 is 11.3 Å². The van der Waals surface area contributed by atoms with Gasteiger partial charge in [0, 0.05) is 11.4 Å². The standard InChI is InChI=1S/C11H18N4S/c1-8-6-10(14-11(13-8)15-12)16-7-9-4-2-3-5-9/h6,9H,2-5,7,12H2,1H3,(H,13,14,15). The molecule has 1 aromatic heterocycles. The number of anilines is 1. The Bertz CT molecular complexity index is 350. The molecule has 1 heterocycles. The summed E-state index contributed by atoms with van der Waals surface area (Å²) in [5.41, 5.74) is 3.46. The van der Waals surface area contributed by atoms with Gasteiger partial charge in [0.15, 0.2) is 0 Å². The molecule has 0 aliphatic heterocycles. The fourth-order valence-electron chi connectivity index (χ4n) is 2.06. The van der Waals surface area contributed by atoms with Gasteiger partial charge in [0.2, 0.25) is 5.95 Å². The van der Waals surface area contributed by atoms with Crippen molar-refractivity contribution in [3.63, 3.8) is 0 Å². The van der Waals surface area contributed by atoms with E-state index in [0.717, 1.165) is 16.6 Å². The van der Waals surface area contributed by atoms with Crippen molar-refractivity contribution >= 4 is 17.7 Å². The summed E-state index contributed by atoms with van der Waals surface area (Å²) >= 11 is 1.81. The van der Waals surface area contributed by atoms with Crippen LogP contribution in [0.15, 0.2) is 11.1 Å². The predicted octanol–water partition coefficient (Wildman–Crippen LogP) is 2.35. The van der Waals surface area contributed by atoms with Crippen molar-refractivity contribution in [2.75, 3.05) is 11.2 Å². The molecule has 0 amide bonds. The molecule has 5 heteroatoms. The van der Waals surface area contributed by atoms with Gasteiger partial charge in [-0.1, -0.05) is 12.8 Å². The van der Waals surface area contributed by atoms with Gasteiger partial charge in [0.05, 0.1) is 0 Å². The Morgan fingerprint density at radius 1 is 1.44 bits per heavy atom. The van der Waals surface area contributed by atoms with Gasteiger partial charge in [-0.3, -0.25) is 5.43 Å². The number of hydrazine groups is 1. The number of thioether (sulfide) groups is 1. The number of hydrogen-bond acceptors (Lipinski definition) is 5. The zero-order chi connectivity index (χ0) is 11.4. The molecule has 1 aliphatic carbocycles. The third-order valence-corrected chi connectivity index (χ3v) is 4.04.